The highest BCUT2D eigenvalue weighted by Crippen LogP contribution is 2.16. The molecule has 0 aromatic heterocycles. The fourth-order valence-electron chi connectivity index (χ4n) is 0.708. The molecule has 0 bridgehead atoms. The quantitative estimate of drug-likeness (QED) is 0.337. The van der Waals surface area contributed by atoms with E-state index in [1.807, 2.05) is 6.92 Å². The molecule has 0 aliphatic carbocycles. The van der Waals surface area contributed by atoms with Crippen molar-refractivity contribution in [2.24, 2.45) is 0 Å². The van der Waals surface area contributed by atoms with Gasteiger partial charge in [0, 0.05) is 34.0 Å². The first-order chi connectivity index (χ1) is 5.74. The normalized spacial score (nSPS) is 12.0. The molecule has 0 aromatic carbocycles. The molecule has 0 saturated heterocycles. The van der Waals surface area contributed by atoms with Gasteiger partial charge >= 0.3 is 0 Å². The Labute approximate surface area is 76.1 Å². The van der Waals surface area contributed by atoms with Crippen molar-refractivity contribution in [2.75, 3.05) is 27.9 Å². The number of hydrogen-bond acceptors (Lipinski definition) is 4. The first-order valence-corrected chi connectivity index (χ1v) is 4.86. The van der Waals surface area contributed by atoms with Gasteiger partial charge in [-0.05, 0) is 6.92 Å². The number of methoxy groups -OCH3 is 3. The topological polar surface area (TPSA) is 36.9 Å². The maximum atomic E-state index is 5.18. The third kappa shape index (κ3) is 3.64. The van der Waals surface area contributed by atoms with Crippen LogP contribution in [0.2, 0.25) is 6.04 Å². The first kappa shape index (κ1) is 12.1. The summed E-state index contributed by atoms with van der Waals surface area (Å²) >= 11 is 0. The van der Waals surface area contributed by atoms with Gasteiger partial charge in [-0.3, -0.25) is 0 Å². The second-order valence-corrected chi connectivity index (χ2v) is 2.98. The van der Waals surface area contributed by atoms with Gasteiger partial charge < -0.3 is 18.6 Å². The van der Waals surface area contributed by atoms with Crippen LogP contribution < -0.4 is 0 Å². The molecule has 0 N–H and O–H groups in total. The molecule has 2 radical (unpaired) electrons. The lowest BCUT2D eigenvalue weighted by molar-refractivity contribution is -0.340. The Morgan fingerprint density at radius 2 is 1.58 bits per heavy atom. The van der Waals surface area contributed by atoms with Gasteiger partial charge in [0.05, 0.1) is 0 Å². The molecule has 5 heteroatoms. The standard InChI is InChI=1S/C7H16O4Si/c1-5-11-12-6-7(8-2,9-3)10-4/h5-6H2,1-4H3. The Bertz CT molecular complexity index is 97.3. The highest BCUT2D eigenvalue weighted by Gasteiger charge is 2.29. The summed E-state index contributed by atoms with van der Waals surface area (Å²) in [7, 11) is 4.96. The predicted molar refractivity (Wildman–Crippen MR) is 45.9 cm³/mol. The third-order valence-electron chi connectivity index (χ3n) is 1.47. The summed E-state index contributed by atoms with van der Waals surface area (Å²) in [5.41, 5.74) is 0. The maximum absolute atomic E-state index is 5.18. The molecule has 0 atom stereocenters. The largest absolute Gasteiger partial charge is 0.417 e. The second-order valence-electron chi connectivity index (χ2n) is 2.05. The van der Waals surface area contributed by atoms with E-state index >= 15 is 0 Å². The minimum absolute atomic E-state index is 0.329. The van der Waals surface area contributed by atoms with Crippen molar-refractivity contribution in [2.45, 2.75) is 18.9 Å². The molecule has 0 aromatic rings. The smallest absolute Gasteiger partial charge is 0.281 e. The Morgan fingerprint density at radius 1 is 1.08 bits per heavy atom. The van der Waals surface area contributed by atoms with E-state index in [4.69, 9.17) is 18.6 Å². The fourth-order valence-corrected chi connectivity index (χ4v) is 1.62. The number of rotatable bonds is 7. The van der Waals surface area contributed by atoms with Crippen molar-refractivity contribution >= 4 is 9.76 Å². The molecule has 0 spiro atoms. The Balaban J connectivity index is 3.76. The van der Waals surface area contributed by atoms with Crippen LogP contribution in [0, 0.1) is 0 Å². The molecule has 12 heavy (non-hydrogen) atoms. The van der Waals surface area contributed by atoms with E-state index in [9.17, 15) is 0 Å². The van der Waals surface area contributed by atoms with E-state index in [1.165, 1.54) is 0 Å². The lowest BCUT2D eigenvalue weighted by Crippen LogP contribution is -2.37. The van der Waals surface area contributed by atoms with Crippen LogP contribution in [-0.4, -0.2) is 43.7 Å². The highest BCUT2D eigenvalue weighted by molar-refractivity contribution is 6.27. The first-order valence-electron chi connectivity index (χ1n) is 3.74. The molecule has 0 heterocycles. The van der Waals surface area contributed by atoms with E-state index in [0.717, 1.165) is 0 Å². The van der Waals surface area contributed by atoms with Crippen LogP contribution in [0.3, 0.4) is 0 Å². The van der Waals surface area contributed by atoms with E-state index in [1.54, 1.807) is 21.3 Å². The lowest BCUT2D eigenvalue weighted by atomic mass is 10.6. The summed E-state index contributed by atoms with van der Waals surface area (Å²) in [6.07, 6.45) is 0. The predicted octanol–water partition coefficient (Wildman–Crippen LogP) is 0.653. The average molecular weight is 192 g/mol. The van der Waals surface area contributed by atoms with Crippen LogP contribution in [0.25, 0.3) is 0 Å². The van der Waals surface area contributed by atoms with Crippen LogP contribution in [0.4, 0.5) is 0 Å². The molecule has 0 fully saturated rings. The SMILES string of the molecule is CCO[Si]CC(OC)(OC)OC. The Kier molecular flexibility index (Phi) is 6.59. The highest BCUT2D eigenvalue weighted by atomic mass is 28.2. The van der Waals surface area contributed by atoms with Gasteiger partial charge in [0.2, 0.25) is 9.76 Å². The zero-order valence-electron chi connectivity index (χ0n) is 8.05. The van der Waals surface area contributed by atoms with E-state index in [2.05, 4.69) is 0 Å². The van der Waals surface area contributed by atoms with Gasteiger partial charge in [0.25, 0.3) is 5.97 Å². The summed E-state index contributed by atoms with van der Waals surface area (Å²) in [6.45, 7) is 2.65. The van der Waals surface area contributed by atoms with Crippen LogP contribution in [-0.2, 0) is 18.6 Å². The Hall–Kier alpha value is 0.0569. The monoisotopic (exact) mass is 192 g/mol. The maximum Gasteiger partial charge on any atom is 0.281 e. The van der Waals surface area contributed by atoms with Crippen molar-refractivity contribution in [3.63, 3.8) is 0 Å². The van der Waals surface area contributed by atoms with Crippen LogP contribution >= 0.6 is 0 Å². The van der Waals surface area contributed by atoms with Crippen molar-refractivity contribution in [3.8, 4) is 0 Å². The van der Waals surface area contributed by atoms with Gasteiger partial charge in [-0.15, -0.1) is 0 Å². The van der Waals surface area contributed by atoms with Gasteiger partial charge in [-0.25, -0.2) is 0 Å². The zero-order chi connectivity index (χ0) is 9.45. The number of ether oxygens (including phenoxy) is 3. The van der Waals surface area contributed by atoms with Crippen molar-refractivity contribution in [3.05, 3.63) is 0 Å². The van der Waals surface area contributed by atoms with Crippen LogP contribution in [0.5, 0.6) is 0 Å². The van der Waals surface area contributed by atoms with E-state index in [-0.39, 0.29) is 0 Å². The summed E-state index contributed by atoms with van der Waals surface area (Å²) < 4.78 is 20.4. The minimum Gasteiger partial charge on any atom is -0.417 e. The Morgan fingerprint density at radius 3 is 1.92 bits per heavy atom. The molecule has 0 aliphatic rings. The van der Waals surface area contributed by atoms with Gasteiger partial charge in [-0.1, -0.05) is 0 Å². The van der Waals surface area contributed by atoms with Crippen molar-refractivity contribution < 1.29 is 18.6 Å². The van der Waals surface area contributed by atoms with Gasteiger partial charge in [-0.2, -0.15) is 0 Å². The summed E-state index contributed by atoms with van der Waals surface area (Å²) in [4.78, 5) is 0. The average Bonchev–Trinajstić information content (AvgIpc) is 2.14. The lowest BCUT2D eigenvalue weighted by Gasteiger charge is -2.27. The van der Waals surface area contributed by atoms with Gasteiger partial charge in [0.15, 0.2) is 0 Å². The molecular weight excluding hydrogens is 176 g/mol. The molecule has 72 valence electrons. The summed E-state index contributed by atoms with van der Waals surface area (Å²) in [5.74, 6) is -0.937. The number of hydrogen-bond donors (Lipinski definition) is 0. The fraction of sp³-hybridized carbons (Fsp3) is 1.00. The second kappa shape index (κ2) is 6.56. The van der Waals surface area contributed by atoms with Crippen molar-refractivity contribution in [1.29, 1.82) is 0 Å². The molecular formula is C7H16O4Si. The molecule has 0 rings (SSSR count). The molecule has 0 amide bonds. The van der Waals surface area contributed by atoms with E-state index < -0.39 is 5.97 Å². The summed E-state index contributed by atoms with van der Waals surface area (Å²) in [6, 6.07) is 0.588. The van der Waals surface area contributed by atoms with Gasteiger partial charge in [0.1, 0.15) is 0 Å². The zero-order valence-corrected chi connectivity index (χ0v) is 9.05. The minimum atomic E-state index is -0.937. The summed E-state index contributed by atoms with van der Waals surface area (Å²) in [5, 5.41) is 0. The molecule has 4 nitrogen and oxygen atoms in total. The van der Waals surface area contributed by atoms with E-state index in [0.29, 0.717) is 22.4 Å². The van der Waals surface area contributed by atoms with Crippen molar-refractivity contribution in [1.82, 2.24) is 0 Å². The molecule has 0 saturated carbocycles. The molecule has 0 aliphatic heterocycles. The third-order valence-corrected chi connectivity index (χ3v) is 2.54. The van der Waals surface area contributed by atoms with Crippen LogP contribution in [0.15, 0.2) is 0 Å². The molecule has 0 unspecified atom stereocenters. The van der Waals surface area contributed by atoms with Crippen LogP contribution in [0.1, 0.15) is 6.92 Å².